The van der Waals surface area contributed by atoms with E-state index in [2.05, 4.69) is 26.3 Å². The van der Waals surface area contributed by atoms with Gasteiger partial charge in [-0.15, -0.1) is 5.10 Å². The minimum absolute atomic E-state index is 0.192. The predicted molar refractivity (Wildman–Crippen MR) is 185 cm³/mol. The molecule has 5 rings (SSSR count). The summed E-state index contributed by atoms with van der Waals surface area (Å²) in [6, 6.07) is 24.6. The molecule has 0 saturated carbocycles. The summed E-state index contributed by atoms with van der Waals surface area (Å²) in [7, 11) is 0. The van der Waals surface area contributed by atoms with Crippen LogP contribution >= 0.6 is 0 Å². The van der Waals surface area contributed by atoms with Crippen LogP contribution in [-0.2, 0) is 35.2 Å². The van der Waals surface area contributed by atoms with E-state index in [0.29, 0.717) is 11.4 Å². The smallest absolute Gasteiger partial charge is 0.364 e. The highest BCUT2D eigenvalue weighted by Crippen LogP contribution is 2.34. The van der Waals surface area contributed by atoms with Crippen LogP contribution in [0.15, 0.2) is 91.1 Å². The quantitative estimate of drug-likeness (QED) is 0.0714. The van der Waals surface area contributed by atoms with Crippen LogP contribution in [0.3, 0.4) is 0 Å². The van der Waals surface area contributed by atoms with Crippen LogP contribution in [0.4, 0.5) is 5.69 Å². The molecule has 1 aromatic heterocycles. The second-order valence-electron chi connectivity index (χ2n) is 12.2. The first-order valence-corrected chi connectivity index (χ1v) is 16.5. The molecule has 7 N–H and O–H groups in total. The van der Waals surface area contributed by atoms with Crippen molar-refractivity contribution in [3.05, 3.63) is 91.1 Å². The number of para-hydroxylation sites is 1. The number of hydrogen-bond acceptors (Lipinski definition) is 11. The minimum Gasteiger partial charge on any atom is -0.477 e. The van der Waals surface area contributed by atoms with Crippen molar-refractivity contribution < 1.29 is 49.1 Å². The van der Waals surface area contributed by atoms with E-state index in [0.717, 1.165) is 23.6 Å². The molecule has 2 heterocycles. The average Bonchev–Trinajstić information content (AvgIpc) is 3.62. The van der Waals surface area contributed by atoms with Gasteiger partial charge in [-0.05, 0) is 29.7 Å². The Kier molecular flexibility index (Phi) is 12.4. The molecular formula is C36H40N6O10. The van der Waals surface area contributed by atoms with Crippen molar-refractivity contribution in [2.75, 3.05) is 18.5 Å². The third-order valence-corrected chi connectivity index (χ3v) is 8.40. The first-order chi connectivity index (χ1) is 25.0. The van der Waals surface area contributed by atoms with Crippen molar-refractivity contribution in [2.24, 2.45) is 0 Å². The lowest BCUT2D eigenvalue weighted by Crippen LogP contribution is -2.68. The maximum Gasteiger partial charge on any atom is 0.364 e. The van der Waals surface area contributed by atoms with Crippen molar-refractivity contribution in [3.63, 3.8) is 0 Å². The van der Waals surface area contributed by atoms with Crippen molar-refractivity contribution in [1.29, 1.82) is 0 Å². The number of amides is 3. The van der Waals surface area contributed by atoms with Gasteiger partial charge in [0.15, 0.2) is 0 Å². The molecular weight excluding hydrogens is 676 g/mol. The Labute approximate surface area is 298 Å². The number of carbonyl (C=O) groups excluding carboxylic acids is 3. The van der Waals surface area contributed by atoms with Crippen molar-refractivity contribution in [1.82, 2.24) is 25.6 Å². The number of nitrogens with zero attached hydrogens (tertiary/aromatic N) is 3. The number of aliphatic hydroxyl groups excluding tert-OH is 3. The van der Waals surface area contributed by atoms with Gasteiger partial charge < -0.3 is 45.9 Å². The SMILES string of the molecule is CC(=O)N[C@H]1[C@H]([C@H](O)[C@H](O)CNC(=O)C(=O)Nc2ccccc2)O[C@@](OCCCn2cc(-c3ccc(-c4ccccc4)cc3)nn2)(C(=O)O)C[C@@H]1O. The third kappa shape index (κ3) is 9.42. The number of ether oxygens (including phenoxy) is 2. The number of rotatable bonds is 14. The summed E-state index contributed by atoms with van der Waals surface area (Å²) in [5, 5.41) is 58.4. The highest BCUT2D eigenvalue weighted by Gasteiger charge is 2.55. The molecule has 1 aliphatic heterocycles. The van der Waals surface area contributed by atoms with E-state index in [9.17, 15) is 39.6 Å². The van der Waals surface area contributed by atoms with Crippen molar-refractivity contribution >= 4 is 29.4 Å². The van der Waals surface area contributed by atoms with Crippen LogP contribution in [0.1, 0.15) is 19.8 Å². The zero-order valence-corrected chi connectivity index (χ0v) is 28.2. The van der Waals surface area contributed by atoms with E-state index in [1.807, 2.05) is 54.6 Å². The Morgan fingerprint density at radius 3 is 2.23 bits per heavy atom. The van der Waals surface area contributed by atoms with Crippen molar-refractivity contribution in [2.45, 2.75) is 62.6 Å². The van der Waals surface area contributed by atoms with E-state index >= 15 is 0 Å². The first-order valence-electron chi connectivity index (χ1n) is 16.5. The molecule has 0 unspecified atom stereocenters. The number of nitrogens with one attached hydrogen (secondary N) is 3. The summed E-state index contributed by atoms with van der Waals surface area (Å²) in [6.07, 6.45) is -5.77. The number of aromatic nitrogens is 3. The largest absolute Gasteiger partial charge is 0.477 e. The van der Waals surface area contributed by atoms with Crippen LogP contribution in [0.2, 0.25) is 0 Å². The predicted octanol–water partition coefficient (Wildman–Crippen LogP) is 0.931. The van der Waals surface area contributed by atoms with Crippen LogP contribution < -0.4 is 16.0 Å². The van der Waals surface area contributed by atoms with Gasteiger partial charge in [-0.3, -0.25) is 19.1 Å². The normalized spacial score (nSPS) is 21.0. The van der Waals surface area contributed by atoms with Gasteiger partial charge in [-0.1, -0.05) is 78.0 Å². The molecule has 6 atom stereocenters. The molecule has 4 aromatic rings. The third-order valence-electron chi connectivity index (χ3n) is 8.40. The van der Waals surface area contributed by atoms with Crippen molar-refractivity contribution in [3.8, 4) is 22.4 Å². The van der Waals surface area contributed by atoms with Crippen LogP contribution in [0.5, 0.6) is 0 Å². The number of hydrogen-bond donors (Lipinski definition) is 7. The molecule has 274 valence electrons. The van der Waals surface area contributed by atoms with Crippen LogP contribution in [0, 0.1) is 0 Å². The standard InChI is InChI=1S/C36H40N6O10/c1-22(43)38-30-28(44)19-36(35(49)50,52-32(30)31(46)29(45)20-37-33(47)34(48)39-26-11-6-3-7-12-26)51-18-8-17-42-21-27(40-41-42)25-15-13-24(14-16-25)23-9-4-2-5-10-23/h2-7,9-16,21,28-32,44-46H,8,17-20H2,1H3,(H,37,47)(H,38,43)(H,39,48)(H,49,50)/t28-,29+,30+,31+,32+,36+/m0/s1. The number of aliphatic carboxylic acids is 1. The molecule has 16 heteroatoms. The monoisotopic (exact) mass is 716 g/mol. The number of anilines is 1. The minimum atomic E-state index is -2.48. The van der Waals surface area contributed by atoms with Gasteiger partial charge in [-0.2, -0.15) is 0 Å². The molecule has 1 aliphatic rings. The second-order valence-corrected chi connectivity index (χ2v) is 12.2. The number of carbonyl (C=O) groups is 4. The zero-order chi connectivity index (χ0) is 37.3. The van der Waals surface area contributed by atoms with Gasteiger partial charge in [0.1, 0.15) is 17.9 Å². The number of aryl methyl sites for hydroxylation is 1. The first kappa shape index (κ1) is 37.7. The summed E-state index contributed by atoms with van der Waals surface area (Å²) >= 11 is 0. The Morgan fingerprint density at radius 2 is 1.58 bits per heavy atom. The number of benzene rings is 3. The lowest BCUT2D eigenvalue weighted by Gasteiger charge is -2.46. The molecule has 1 fully saturated rings. The van der Waals surface area contributed by atoms with E-state index in [1.54, 1.807) is 41.2 Å². The van der Waals surface area contributed by atoms with Gasteiger partial charge in [0.05, 0.1) is 31.1 Å². The zero-order valence-electron chi connectivity index (χ0n) is 28.2. The summed E-state index contributed by atoms with van der Waals surface area (Å²) in [5.41, 5.74) is 3.98. The van der Waals surface area contributed by atoms with Gasteiger partial charge in [0.2, 0.25) is 5.91 Å². The number of aliphatic hydroxyl groups is 3. The van der Waals surface area contributed by atoms with Gasteiger partial charge >= 0.3 is 17.8 Å². The van der Waals surface area contributed by atoms with E-state index in [-0.39, 0.29) is 19.6 Å². The highest BCUT2D eigenvalue weighted by atomic mass is 16.7. The summed E-state index contributed by atoms with van der Waals surface area (Å²) in [5.74, 6) is -6.89. The second kappa shape index (κ2) is 17.1. The number of carboxylic acids is 1. The fourth-order valence-corrected chi connectivity index (χ4v) is 5.74. The Hall–Kier alpha value is -5.52. The fourth-order valence-electron chi connectivity index (χ4n) is 5.74. The topological polar surface area (TPSA) is 234 Å². The van der Waals surface area contributed by atoms with Gasteiger partial charge in [0, 0.05) is 37.7 Å². The molecule has 0 radical (unpaired) electrons. The molecule has 16 nitrogen and oxygen atoms in total. The van der Waals surface area contributed by atoms with Gasteiger partial charge in [0.25, 0.3) is 5.79 Å². The lowest BCUT2D eigenvalue weighted by atomic mass is 9.88. The van der Waals surface area contributed by atoms with Crippen LogP contribution in [-0.4, -0.2) is 109 Å². The Balaban J connectivity index is 1.19. The molecule has 1 saturated heterocycles. The number of carboxylic acid groups (broad SMARTS) is 1. The molecule has 52 heavy (non-hydrogen) atoms. The van der Waals surface area contributed by atoms with E-state index < -0.39 is 72.9 Å². The van der Waals surface area contributed by atoms with Gasteiger partial charge in [-0.25, -0.2) is 4.79 Å². The maximum atomic E-state index is 12.5. The summed E-state index contributed by atoms with van der Waals surface area (Å²) in [4.78, 5) is 49.1. The molecule has 3 aromatic carbocycles. The summed E-state index contributed by atoms with van der Waals surface area (Å²) in [6.45, 7) is 0.568. The highest BCUT2D eigenvalue weighted by molar-refractivity contribution is 6.39. The van der Waals surface area contributed by atoms with E-state index in [1.165, 1.54) is 0 Å². The molecule has 3 amide bonds. The molecule has 0 bridgehead atoms. The Morgan fingerprint density at radius 1 is 0.942 bits per heavy atom. The lowest BCUT2D eigenvalue weighted by molar-refractivity contribution is -0.310. The Bertz CT molecular complexity index is 1820. The molecule has 0 spiro atoms. The average molecular weight is 717 g/mol. The van der Waals surface area contributed by atoms with E-state index in [4.69, 9.17) is 9.47 Å². The van der Waals surface area contributed by atoms with Crippen LogP contribution in [0.25, 0.3) is 22.4 Å². The fraction of sp³-hybridized carbons (Fsp3) is 0.333. The molecule has 0 aliphatic carbocycles. The summed E-state index contributed by atoms with van der Waals surface area (Å²) < 4.78 is 13.0. The maximum absolute atomic E-state index is 12.5.